The average Bonchev–Trinajstić information content (AvgIpc) is 2.93. The molecule has 0 amide bonds. The molecular weight excluding hydrogens is 234 g/mol. The summed E-state index contributed by atoms with van der Waals surface area (Å²) in [6.45, 7) is 5.36. The van der Waals surface area contributed by atoms with Crippen LogP contribution in [0.15, 0.2) is 36.7 Å². The maximum absolute atomic E-state index is 4.22. The smallest absolute Gasteiger partial charge is 0.107 e. The van der Waals surface area contributed by atoms with Crippen LogP contribution in [-0.2, 0) is 12.8 Å². The van der Waals surface area contributed by atoms with Crippen LogP contribution in [0, 0.1) is 0 Å². The third kappa shape index (κ3) is 4.21. The molecule has 2 rings (SSSR count). The molecule has 1 atom stereocenters. The van der Waals surface area contributed by atoms with Gasteiger partial charge in [-0.2, -0.15) is 0 Å². The molecule has 3 heteroatoms. The molecule has 0 aliphatic rings. The number of aromatic nitrogens is 2. The summed E-state index contributed by atoms with van der Waals surface area (Å²) in [6.07, 6.45) is 6.97. The molecule has 0 saturated carbocycles. The van der Waals surface area contributed by atoms with Gasteiger partial charge in [0.15, 0.2) is 0 Å². The van der Waals surface area contributed by atoms with Crippen molar-refractivity contribution >= 4 is 0 Å². The highest BCUT2D eigenvalue weighted by molar-refractivity contribution is 5.24. The summed E-state index contributed by atoms with van der Waals surface area (Å²) in [5.74, 6) is 1.04. The van der Waals surface area contributed by atoms with Crippen LogP contribution >= 0.6 is 0 Å². The van der Waals surface area contributed by atoms with Crippen LogP contribution in [0.4, 0.5) is 0 Å². The third-order valence-corrected chi connectivity index (χ3v) is 3.39. The second-order valence-electron chi connectivity index (χ2n) is 4.95. The SMILES string of the molecule is CCCc1ccc(C(C)NCCc2ncc[nH]2)cc1. The third-order valence-electron chi connectivity index (χ3n) is 3.39. The van der Waals surface area contributed by atoms with Crippen LogP contribution in [0.5, 0.6) is 0 Å². The molecule has 0 bridgehead atoms. The van der Waals surface area contributed by atoms with E-state index in [0.717, 1.165) is 18.8 Å². The maximum atomic E-state index is 4.22. The Morgan fingerprint density at radius 3 is 2.63 bits per heavy atom. The summed E-state index contributed by atoms with van der Waals surface area (Å²) in [5, 5.41) is 3.53. The molecule has 3 nitrogen and oxygen atoms in total. The molecule has 0 aliphatic heterocycles. The van der Waals surface area contributed by atoms with Crippen LogP contribution in [0.1, 0.15) is 43.3 Å². The fourth-order valence-electron chi connectivity index (χ4n) is 2.22. The predicted octanol–water partition coefficient (Wildman–Crippen LogP) is 3.26. The van der Waals surface area contributed by atoms with Gasteiger partial charge in [-0.1, -0.05) is 37.6 Å². The molecule has 1 heterocycles. The second-order valence-corrected chi connectivity index (χ2v) is 4.95. The largest absolute Gasteiger partial charge is 0.349 e. The lowest BCUT2D eigenvalue weighted by Crippen LogP contribution is -2.21. The Bertz CT molecular complexity index is 459. The van der Waals surface area contributed by atoms with Gasteiger partial charge in [-0.05, 0) is 24.5 Å². The van der Waals surface area contributed by atoms with E-state index in [-0.39, 0.29) is 0 Å². The van der Waals surface area contributed by atoms with Crippen LogP contribution in [0.25, 0.3) is 0 Å². The highest BCUT2D eigenvalue weighted by Crippen LogP contribution is 2.14. The molecular formula is C16H23N3. The summed E-state index contributed by atoms with van der Waals surface area (Å²) in [6, 6.07) is 9.32. The Morgan fingerprint density at radius 1 is 1.21 bits per heavy atom. The maximum Gasteiger partial charge on any atom is 0.107 e. The van der Waals surface area contributed by atoms with E-state index in [1.807, 2.05) is 6.20 Å². The number of benzene rings is 1. The van der Waals surface area contributed by atoms with Crippen molar-refractivity contribution in [2.45, 2.75) is 39.2 Å². The number of aromatic amines is 1. The van der Waals surface area contributed by atoms with Gasteiger partial charge in [0.05, 0.1) is 0 Å². The van der Waals surface area contributed by atoms with E-state index in [1.54, 1.807) is 6.20 Å². The predicted molar refractivity (Wildman–Crippen MR) is 79.1 cm³/mol. The number of hydrogen-bond donors (Lipinski definition) is 2. The molecule has 0 aliphatic carbocycles. The first kappa shape index (κ1) is 13.8. The Kier molecular flexibility index (Phi) is 5.16. The minimum atomic E-state index is 0.380. The zero-order valence-electron chi connectivity index (χ0n) is 11.8. The van der Waals surface area contributed by atoms with Gasteiger partial charge in [0.2, 0.25) is 0 Å². The first-order chi connectivity index (χ1) is 9.29. The Balaban J connectivity index is 1.80. The van der Waals surface area contributed by atoms with Gasteiger partial charge >= 0.3 is 0 Å². The number of imidazole rings is 1. The molecule has 19 heavy (non-hydrogen) atoms. The van der Waals surface area contributed by atoms with Crippen LogP contribution < -0.4 is 5.32 Å². The molecule has 0 radical (unpaired) electrons. The van der Waals surface area contributed by atoms with Crippen molar-refractivity contribution < 1.29 is 0 Å². The van der Waals surface area contributed by atoms with Crippen molar-refractivity contribution in [2.75, 3.05) is 6.54 Å². The lowest BCUT2D eigenvalue weighted by molar-refractivity contribution is 0.571. The number of hydrogen-bond acceptors (Lipinski definition) is 2. The molecule has 0 saturated heterocycles. The zero-order valence-corrected chi connectivity index (χ0v) is 11.8. The quantitative estimate of drug-likeness (QED) is 0.799. The normalized spacial score (nSPS) is 12.5. The van der Waals surface area contributed by atoms with Gasteiger partial charge in [-0.25, -0.2) is 4.98 Å². The van der Waals surface area contributed by atoms with E-state index >= 15 is 0 Å². The molecule has 2 N–H and O–H groups in total. The fraction of sp³-hybridized carbons (Fsp3) is 0.438. The number of H-pyrrole nitrogens is 1. The first-order valence-corrected chi connectivity index (χ1v) is 7.10. The number of nitrogens with zero attached hydrogens (tertiary/aromatic N) is 1. The topological polar surface area (TPSA) is 40.7 Å². The van der Waals surface area contributed by atoms with Crippen molar-refractivity contribution in [3.63, 3.8) is 0 Å². The van der Waals surface area contributed by atoms with Gasteiger partial charge in [0, 0.05) is 31.4 Å². The molecule has 102 valence electrons. The lowest BCUT2D eigenvalue weighted by atomic mass is 10.0. The number of rotatable bonds is 7. The molecule has 1 aromatic carbocycles. The highest BCUT2D eigenvalue weighted by Gasteiger charge is 2.04. The van der Waals surface area contributed by atoms with Gasteiger partial charge in [-0.3, -0.25) is 0 Å². The van der Waals surface area contributed by atoms with Crippen LogP contribution in [0.3, 0.4) is 0 Å². The monoisotopic (exact) mass is 257 g/mol. The average molecular weight is 257 g/mol. The minimum absolute atomic E-state index is 0.380. The summed E-state index contributed by atoms with van der Waals surface area (Å²) in [7, 11) is 0. The van der Waals surface area contributed by atoms with E-state index in [9.17, 15) is 0 Å². The fourth-order valence-corrected chi connectivity index (χ4v) is 2.22. The van der Waals surface area contributed by atoms with Crippen LogP contribution in [-0.4, -0.2) is 16.5 Å². The summed E-state index contributed by atoms with van der Waals surface area (Å²) in [5.41, 5.74) is 2.77. The van der Waals surface area contributed by atoms with E-state index in [4.69, 9.17) is 0 Å². The van der Waals surface area contributed by atoms with Crippen molar-refractivity contribution in [2.24, 2.45) is 0 Å². The van der Waals surface area contributed by atoms with Crippen molar-refractivity contribution in [1.29, 1.82) is 0 Å². The molecule has 2 aromatic rings. The van der Waals surface area contributed by atoms with E-state index in [2.05, 4.69) is 53.4 Å². The second kappa shape index (κ2) is 7.10. The Morgan fingerprint density at radius 2 is 2.00 bits per heavy atom. The molecule has 1 unspecified atom stereocenters. The van der Waals surface area contributed by atoms with Crippen LogP contribution in [0.2, 0.25) is 0 Å². The summed E-state index contributed by atoms with van der Waals surface area (Å²) < 4.78 is 0. The summed E-state index contributed by atoms with van der Waals surface area (Å²) in [4.78, 5) is 7.34. The van der Waals surface area contributed by atoms with E-state index in [0.29, 0.717) is 6.04 Å². The van der Waals surface area contributed by atoms with Gasteiger partial charge < -0.3 is 10.3 Å². The van der Waals surface area contributed by atoms with Crippen molar-refractivity contribution in [3.8, 4) is 0 Å². The Labute approximate surface area is 115 Å². The minimum Gasteiger partial charge on any atom is -0.349 e. The van der Waals surface area contributed by atoms with Crippen molar-refractivity contribution in [3.05, 3.63) is 53.6 Å². The number of aryl methyl sites for hydroxylation is 1. The molecule has 0 fully saturated rings. The van der Waals surface area contributed by atoms with Gasteiger partial charge in [-0.15, -0.1) is 0 Å². The summed E-state index contributed by atoms with van der Waals surface area (Å²) >= 11 is 0. The van der Waals surface area contributed by atoms with E-state index < -0.39 is 0 Å². The lowest BCUT2D eigenvalue weighted by Gasteiger charge is -2.14. The van der Waals surface area contributed by atoms with Gasteiger partial charge in [0.25, 0.3) is 0 Å². The first-order valence-electron chi connectivity index (χ1n) is 7.10. The number of nitrogens with one attached hydrogen (secondary N) is 2. The van der Waals surface area contributed by atoms with E-state index in [1.165, 1.54) is 24.0 Å². The molecule has 0 spiro atoms. The highest BCUT2D eigenvalue weighted by atomic mass is 14.9. The Hall–Kier alpha value is -1.61. The standard InChI is InChI=1S/C16H23N3/c1-3-4-14-5-7-15(8-6-14)13(2)17-10-9-16-18-11-12-19-16/h5-8,11-13,17H,3-4,9-10H2,1-2H3,(H,18,19). The molecule has 1 aromatic heterocycles. The van der Waals surface area contributed by atoms with Crippen molar-refractivity contribution in [1.82, 2.24) is 15.3 Å². The zero-order chi connectivity index (χ0) is 13.5. The van der Waals surface area contributed by atoms with Gasteiger partial charge in [0.1, 0.15) is 5.82 Å².